The summed E-state index contributed by atoms with van der Waals surface area (Å²) in [5, 5.41) is 3.97. The molecule has 2 N–H and O–H groups in total. The second-order valence-corrected chi connectivity index (χ2v) is 3.25. The van der Waals surface area contributed by atoms with Gasteiger partial charge in [0, 0.05) is 18.3 Å². The number of aromatic nitrogens is 2. The normalized spacial score (nSPS) is 12.0. The summed E-state index contributed by atoms with van der Waals surface area (Å²) in [6.07, 6.45) is 3.22. The van der Waals surface area contributed by atoms with Crippen molar-refractivity contribution < 1.29 is 4.39 Å². The van der Waals surface area contributed by atoms with Gasteiger partial charge >= 0.3 is 0 Å². The maximum atomic E-state index is 13.3. The number of nitrogens with two attached hydrogens (primary N) is 1. The molecule has 0 saturated carbocycles. The van der Waals surface area contributed by atoms with E-state index in [-0.39, 0.29) is 0 Å². The van der Waals surface area contributed by atoms with Crippen LogP contribution in [0.2, 0.25) is 0 Å². The van der Waals surface area contributed by atoms with Gasteiger partial charge in [-0.3, -0.25) is 4.68 Å². The molecule has 1 rings (SSSR count). The van der Waals surface area contributed by atoms with E-state index in [0.29, 0.717) is 18.7 Å². The summed E-state index contributed by atoms with van der Waals surface area (Å²) in [6.45, 7) is 4.18. The van der Waals surface area contributed by atoms with Gasteiger partial charge in [0.25, 0.3) is 0 Å². The summed E-state index contributed by atoms with van der Waals surface area (Å²) in [4.78, 5) is 0. The lowest BCUT2D eigenvalue weighted by atomic mass is 10.1. The molecule has 0 aliphatic carbocycles. The van der Waals surface area contributed by atoms with Crippen molar-refractivity contribution in [3.63, 3.8) is 0 Å². The predicted molar refractivity (Wildman–Crippen MR) is 45.4 cm³/mol. The highest BCUT2D eigenvalue weighted by Crippen LogP contribution is 2.23. The number of rotatable bonds is 3. The van der Waals surface area contributed by atoms with Gasteiger partial charge in [-0.25, -0.2) is 4.39 Å². The van der Waals surface area contributed by atoms with Crippen LogP contribution in [0.4, 0.5) is 4.39 Å². The smallest absolute Gasteiger partial charge is 0.133 e. The van der Waals surface area contributed by atoms with Gasteiger partial charge in [-0.05, 0) is 13.8 Å². The first kappa shape index (κ1) is 9.19. The Morgan fingerprint density at radius 1 is 1.67 bits per heavy atom. The summed E-state index contributed by atoms with van der Waals surface area (Å²) in [6, 6.07) is 0. The average Bonchev–Trinajstić information content (AvgIpc) is 2.35. The Labute approximate surface area is 71.4 Å². The Kier molecular flexibility index (Phi) is 2.47. The van der Waals surface area contributed by atoms with Gasteiger partial charge in [0.1, 0.15) is 5.67 Å². The van der Waals surface area contributed by atoms with E-state index >= 15 is 0 Å². The molecule has 0 atom stereocenters. The van der Waals surface area contributed by atoms with Gasteiger partial charge in [0.2, 0.25) is 0 Å². The molecule has 0 bridgehead atoms. The van der Waals surface area contributed by atoms with Gasteiger partial charge in [-0.1, -0.05) is 0 Å². The fourth-order valence-electron chi connectivity index (χ4n) is 0.925. The predicted octanol–water partition coefficient (Wildman–Crippen LogP) is 1.05. The highest BCUT2D eigenvalue weighted by Gasteiger charge is 2.20. The Balaban J connectivity index is 2.77. The minimum absolute atomic E-state index is 0.522. The van der Waals surface area contributed by atoms with Crippen molar-refractivity contribution in [3.05, 3.63) is 18.0 Å². The highest BCUT2D eigenvalue weighted by atomic mass is 19.1. The van der Waals surface area contributed by atoms with Crippen LogP contribution in [0.5, 0.6) is 0 Å². The van der Waals surface area contributed by atoms with E-state index in [4.69, 9.17) is 5.73 Å². The van der Waals surface area contributed by atoms with Gasteiger partial charge < -0.3 is 5.73 Å². The van der Waals surface area contributed by atoms with Crippen molar-refractivity contribution in [2.75, 3.05) is 6.54 Å². The zero-order valence-corrected chi connectivity index (χ0v) is 7.42. The van der Waals surface area contributed by atoms with Crippen LogP contribution in [-0.2, 0) is 12.2 Å². The van der Waals surface area contributed by atoms with Crippen LogP contribution in [0.3, 0.4) is 0 Å². The molecule has 0 radical (unpaired) electrons. The van der Waals surface area contributed by atoms with E-state index < -0.39 is 5.67 Å². The molecule has 0 unspecified atom stereocenters. The van der Waals surface area contributed by atoms with Gasteiger partial charge in [-0.15, -0.1) is 0 Å². The number of nitrogens with zero attached hydrogens (tertiary/aromatic N) is 2. The van der Waals surface area contributed by atoms with E-state index in [2.05, 4.69) is 5.10 Å². The highest BCUT2D eigenvalue weighted by molar-refractivity contribution is 5.12. The second kappa shape index (κ2) is 3.23. The Morgan fingerprint density at radius 2 is 2.33 bits per heavy atom. The molecule has 68 valence electrons. The molecule has 12 heavy (non-hydrogen) atoms. The molecule has 1 aromatic heterocycles. The Morgan fingerprint density at radius 3 is 2.75 bits per heavy atom. The zero-order chi connectivity index (χ0) is 9.19. The molecule has 4 heteroatoms. The molecule has 3 nitrogen and oxygen atoms in total. The van der Waals surface area contributed by atoms with Gasteiger partial charge in [0.05, 0.1) is 12.7 Å². The maximum absolute atomic E-state index is 13.3. The van der Waals surface area contributed by atoms with E-state index in [1.54, 1.807) is 10.9 Å². The lowest BCUT2D eigenvalue weighted by Crippen LogP contribution is -2.11. The van der Waals surface area contributed by atoms with Gasteiger partial charge in [0.15, 0.2) is 0 Å². The average molecular weight is 171 g/mol. The molecule has 0 fully saturated rings. The SMILES string of the molecule is CC(C)(F)c1cnn(CCN)c1. The number of hydrogen-bond donors (Lipinski definition) is 1. The second-order valence-electron chi connectivity index (χ2n) is 3.25. The van der Waals surface area contributed by atoms with Crippen LogP contribution in [0.15, 0.2) is 12.4 Å². The van der Waals surface area contributed by atoms with E-state index in [9.17, 15) is 4.39 Å². The minimum Gasteiger partial charge on any atom is -0.329 e. The third kappa shape index (κ3) is 2.04. The molecule has 0 spiro atoms. The molecular weight excluding hydrogens is 157 g/mol. The largest absolute Gasteiger partial charge is 0.329 e. The number of halogens is 1. The van der Waals surface area contributed by atoms with Crippen LogP contribution < -0.4 is 5.73 Å². The van der Waals surface area contributed by atoms with Crippen LogP contribution in [0.25, 0.3) is 0 Å². The first-order valence-electron chi connectivity index (χ1n) is 3.96. The molecule has 1 aromatic rings. The molecule has 0 aliphatic rings. The van der Waals surface area contributed by atoms with Crippen LogP contribution in [0.1, 0.15) is 19.4 Å². The van der Waals surface area contributed by atoms with E-state index in [1.165, 1.54) is 20.0 Å². The maximum Gasteiger partial charge on any atom is 0.133 e. The zero-order valence-electron chi connectivity index (χ0n) is 7.42. The monoisotopic (exact) mass is 171 g/mol. The third-order valence-electron chi connectivity index (χ3n) is 1.68. The van der Waals surface area contributed by atoms with Crippen LogP contribution in [-0.4, -0.2) is 16.3 Å². The molecular formula is C8H14FN3. The van der Waals surface area contributed by atoms with Gasteiger partial charge in [-0.2, -0.15) is 5.10 Å². The standard InChI is InChI=1S/C8H14FN3/c1-8(2,9)7-5-11-12(6-7)4-3-10/h5-6H,3-4,10H2,1-2H3. The minimum atomic E-state index is -1.31. The van der Waals surface area contributed by atoms with Crippen molar-refractivity contribution >= 4 is 0 Å². The lowest BCUT2D eigenvalue weighted by Gasteiger charge is -2.09. The van der Waals surface area contributed by atoms with Crippen molar-refractivity contribution in [1.82, 2.24) is 9.78 Å². The molecule has 0 aliphatic heterocycles. The Hall–Kier alpha value is -0.900. The molecule has 0 amide bonds. The van der Waals surface area contributed by atoms with Crippen LogP contribution in [0, 0.1) is 0 Å². The van der Waals surface area contributed by atoms with E-state index in [1.807, 2.05) is 0 Å². The quantitative estimate of drug-likeness (QED) is 0.738. The molecule has 1 heterocycles. The van der Waals surface area contributed by atoms with Crippen molar-refractivity contribution in [1.29, 1.82) is 0 Å². The Bertz CT molecular complexity index is 249. The summed E-state index contributed by atoms with van der Waals surface area (Å²) in [5.74, 6) is 0. The summed E-state index contributed by atoms with van der Waals surface area (Å²) < 4.78 is 14.9. The van der Waals surface area contributed by atoms with Crippen molar-refractivity contribution in [2.24, 2.45) is 5.73 Å². The van der Waals surface area contributed by atoms with E-state index in [0.717, 1.165) is 0 Å². The topological polar surface area (TPSA) is 43.8 Å². The number of alkyl halides is 1. The molecule has 0 aromatic carbocycles. The van der Waals surface area contributed by atoms with Crippen LogP contribution >= 0.6 is 0 Å². The summed E-state index contributed by atoms with van der Waals surface area (Å²) in [7, 11) is 0. The number of hydrogen-bond acceptors (Lipinski definition) is 2. The third-order valence-corrected chi connectivity index (χ3v) is 1.68. The van der Waals surface area contributed by atoms with Crippen molar-refractivity contribution in [2.45, 2.75) is 26.1 Å². The summed E-state index contributed by atoms with van der Waals surface area (Å²) >= 11 is 0. The summed E-state index contributed by atoms with van der Waals surface area (Å²) in [5.41, 5.74) is 4.61. The first-order chi connectivity index (χ1) is 5.54. The van der Waals surface area contributed by atoms with Crippen molar-refractivity contribution in [3.8, 4) is 0 Å². The first-order valence-corrected chi connectivity index (χ1v) is 3.96. The molecule has 0 saturated heterocycles. The fraction of sp³-hybridized carbons (Fsp3) is 0.625. The fourth-order valence-corrected chi connectivity index (χ4v) is 0.925. The lowest BCUT2D eigenvalue weighted by molar-refractivity contribution is 0.221.